The van der Waals surface area contributed by atoms with E-state index in [1.807, 2.05) is 17.5 Å². The number of ether oxygens (including phenoxy) is 1. The molecule has 1 aliphatic heterocycles. The molecule has 0 radical (unpaired) electrons. The molecular formula is C26H24F3N5O5S. The standard InChI is InChI=1S/C26H24F3N5O5S/c1-39-12-11-32(25(36)30-19-9-7-18(8-10-19)26(27,28)29)16-24(35)33-22(15-21(31-33)23-6-3-13-40-23)17-4-2-5-20(14-17)34(37)38/h2-10,13-14,22H,11-12,15-16H2,1H3,(H,30,36). The van der Waals surface area contributed by atoms with Crippen molar-refractivity contribution in [3.8, 4) is 0 Å². The molecule has 3 amide bonds. The number of rotatable bonds is 9. The normalized spacial score (nSPS) is 15.1. The van der Waals surface area contributed by atoms with Crippen LogP contribution in [0.25, 0.3) is 0 Å². The first-order chi connectivity index (χ1) is 19.1. The third kappa shape index (κ3) is 6.82. The lowest BCUT2D eigenvalue weighted by Gasteiger charge is -2.27. The number of carbonyl (C=O) groups excluding carboxylic acids is 2. The minimum absolute atomic E-state index is 0.00548. The number of methoxy groups -OCH3 is 1. The number of carbonyl (C=O) groups is 2. The van der Waals surface area contributed by atoms with Gasteiger partial charge in [0.15, 0.2) is 0 Å². The van der Waals surface area contributed by atoms with E-state index in [0.29, 0.717) is 17.7 Å². The molecule has 2 aromatic carbocycles. The van der Waals surface area contributed by atoms with Gasteiger partial charge in [0.1, 0.15) is 6.54 Å². The van der Waals surface area contributed by atoms with E-state index in [2.05, 4.69) is 10.4 Å². The average molecular weight is 576 g/mol. The molecule has 0 bridgehead atoms. The van der Waals surface area contributed by atoms with E-state index >= 15 is 0 Å². The van der Waals surface area contributed by atoms with E-state index in [0.717, 1.165) is 34.0 Å². The fourth-order valence-electron chi connectivity index (χ4n) is 4.07. The Labute approximate surface area is 230 Å². The maximum absolute atomic E-state index is 13.5. The maximum Gasteiger partial charge on any atom is 0.416 e. The van der Waals surface area contributed by atoms with Gasteiger partial charge in [0, 0.05) is 37.9 Å². The zero-order valence-corrected chi connectivity index (χ0v) is 21.9. The number of nitrogens with one attached hydrogen (secondary N) is 1. The summed E-state index contributed by atoms with van der Waals surface area (Å²) in [5.74, 6) is -0.554. The van der Waals surface area contributed by atoms with Crippen LogP contribution in [0.15, 0.2) is 71.1 Å². The molecule has 0 saturated carbocycles. The summed E-state index contributed by atoms with van der Waals surface area (Å²) >= 11 is 1.43. The van der Waals surface area contributed by atoms with Gasteiger partial charge in [-0.1, -0.05) is 18.2 Å². The third-order valence-electron chi connectivity index (χ3n) is 6.08. The molecule has 14 heteroatoms. The SMILES string of the molecule is COCCN(CC(=O)N1N=C(c2cccs2)CC1c1cccc([N+](=O)[O-])c1)C(=O)Nc1ccc(C(F)(F)F)cc1. The molecular weight excluding hydrogens is 551 g/mol. The van der Waals surface area contributed by atoms with Crippen LogP contribution in [0.3, 0.4) is 0 Å². The molecule has 3 aromatic rings. The molecule has 1 aromatic heterocycles. The van der Waals surface area contributed by atoms with Crippen LogP contribution in [0.4, 0.5) is 29.3 Å². The van der Waals surface area contributed by atoms with Crippen LogP contribution in [0.5, 0.6) is 0 Å². The van der Waals surface area contributed by atoms with Crippen molar-refractivity contribution >= 4 is 40.4 Å². The summed E-state index contributed by atoms with van der Waals surface area (Å²) in [5.41, 5.74) is 0.249. The first-order valence-corrected chi connectivity index (χ1v) is 12.8. The quantitative estimate of drug-likeness (QED) is 0.266. The van der Waals surface area contributed by atoms with Gasteiger partial charge in [-0.2, -0.15) is 18.3 Å². The molecule has 10 nitrogen and oxygen atoms in total. The van der Waals surface area contributed by atoms with Gasteiger partial charge in [-0.3, -0.25) is 14.9 Å². The van der Waals surface area contributed by atoms with Crippen molar-refractivity contribution in [1.82, 2.24) is 9.91 Å². The zero-order valence-electron chi connectivity index (χ0n) is 21.1. The highest BCUT2D eigenvalue weighted by molar-refractivity contribution is 7.12. The number of anilines is 1. The van der Waals surface area contributed by atoms with Crippen molar-refractivity contribution < 1.29 is 32.4 Å². The lowest BCUT2D eigenvalue weighted by molar-refractivity contribution is -0.385. The van der Waals surface area contributed by atoms with Crippen LogP contribution in [0, 0.1) is 10.1 Å². The number of hydrogen-bond acceptors (Lipinski definition) is 7. The second kappa shape index (κ2) is 12.3. The molecule has 0 spiro atoms. The number of alkyl halides is 3. The Bertz CT molecular complexity index is 1400. The first-order valence-electron chi connectivity index (χ1n) is 12.0. The van der Waals surface area contributed by atoms with Crippen molar-refractivity contribution in [3.05, 3.63) is 92.2 Å². The van der Waals surface area contributed by atoms with Crippen LogP contribution in [-0.4, -0.2) is 59.3 Å². The lowest BCUT2D eigenvalue weighted by atomic mass is 10.0. The first kappa shape index (κ1) is 28.7. The second-order valence-electron chi connectivity index (χ2n) is 8.75. The van der Waals surface area contributed by atoms with Gasteiger partial charge < -0.3 is 15.0 Å². The summed E-state index contributed by atoms with van der Waals surface area (Å²) in [6.45, 7) is -0.334. The van der Waals surface area contributed by atoms with E-state index in [9.17, 15) is 32.9 Å². The molecule has 40 heavy (non-hydrogen) atoms. The van der Waals surface area contributed by atoms with Crippen LogP contribution in [-0.2, 0) is 15.7 Å². The van der Waals surface area contributed by atoms with Gasteiger partial charge in [0.05, 0.1) is 33.7 Å². The van der Waals surface area contributed by atoms with Crippen molar-refractivity contribution in [2.24, 2.45) is 5.10 Å². The molecule has 1 unspecified atom stereocenters. The van der Waals surface area contributed by atoms with Crippen molar-refractivity contribution in [1.29, 1.82) is 0 Å². The maximum atomic E-state index is 13.5. The molecule has 0 fully saturated rings. The van der Waals surface area contributed by atoms with Crippen molar-refractivity contribution in [3.63, 3.8) is 0 Å². The summed E-state index contributed by atoms with van der Waals surface area (Å²) in [7, 11) is 1.42. The van der Waals surface area contributed by atoms with Gasteiger partial charge in [-0.25, -0.2) is 9.80 Å². The molecule has 0 saturated heterocycles. The van der Waals surface area contributed by atoms with Gasteiger partial charge >= 0.3 is 12.2 Å². The van der Waals surface area contributed by atoms with Gasteiger partial charge in [-0.15, -0.1) is 11.3 Å². The highest BCUT2D eigenvalue weighted by Crippen LogP contribution is 2.35. The van der Waals surface area contributed by atoms with E-state index in [1.54, 1.807) is 6.07 Å². The number of benzene rings is 2. The largest absolute Gasteiger partial charge is 0.416 e. The highest BCUT2D eigenvalue weighted by atomic mass is 32.1. The number of nitro groups is 1. The monoisotopic (exact) mass is 575 g/mol. The summed E-state index contributed by atoms with van der Waals surface area (Å²) < 4.78 is 43.7. The fourth-order valence-corrected chi connectivity index (χ4v) is 4.79. The van der Waals surface area contributed by atoms with Crippen LogP contribution < -0.4 is 5.32 Å². The molecule has 1 aliphatic rings. The number of urea groups is 1. The van der Waals surface area contributed by atoms with Crippen molar-refractivity contribution in [2.45, 2.75) is 18.6 Å². The van der Waals surface area contributed by atoms with Crippen LogP contribution in [0.2, 0.25) is 0 Å². The summed E-state index contributed by atoms with van der Waals surface area (Å²) in [4.78, 5) is 39.4. The Hall–Kier alpha value is -4.30. The van der Waals surface area contributed by atoms with Crippen LogP contribution in [0.1, 0.15) is 28.5 Å². The second-order valence-corrected chi connectivity index (χ2v) is 9.70. The Kier molecular flexibility index (Phi) is 8.80. The molecule has 2 heterocycles. The number of hydrogen-bond donors (Lipinski definition) is 1. The Morgan fingerprint density at radius 3 is 2.58 bits per heavy atom. The van der Waals surface area contributed by atoms with E-state index in [4.69, 9.17) is 4.74 Å². The predicted octanol–water partition coefficient (Wildman–Crippen LogP) is 5.53. The van der Waals surface area contributed by atoms with Crippen molar-refractivity contribution in [2.75, 3.05) is 32.1 Å². The number of nitrogens with zero attached hydrogens (tertiary/aromatic N) is 4. The molecule has 1 N–H and O–H groups in total. The number of thiophene rings is 1. The summed E-state index contributed by atoms with van der Waals surface area (Å²) in [5, 5.41) is 21.5. The number of amides is 3. The summed E-state index contributed by atoms with van der Waals surface area (Å²) in [6.07, 6.45) is -4.21. The average Bonchev–Trinajstić information content (AvgIpc) is 3.61. The lowest BCUT2D eigenvalue weighted by Crippen LogP contribution is -2.44. The fraction of sp³-hybridized carbons (Fsp3) is 0.269. The van der Waals surface area contributed by atoms with Gasteiger partial charge in [-0.05, 0) is 41.3 Å². The predicted molar refractivity (Wildman–Crippen MR) is 142 cm³/mol. The van der Waals surface area contributed by atoms with Crippen LogP contribution >= 0.6 is 11.3 Å². The molecule has 210 valence electrons. The highest BCUT2D eigenvalue weighted by Gasteiger charge is 2.35. The van der Waals surface area contributed by atoms with E-state index in [-0.39, 0.29) is 24.5 Å². The minimum Gasteiger partial charge on any atom is -0.383 e. The molecule has 4 rings (SSSR count). The number of non-ortho nitro benzene ring substituents is 1. The summed E-state index contributed by atoms with van der Waals surface area (Å²) in [6, 6.07) is 12.2. The Morgan fingerprint density at radius 2 is 1.95 bits per heavy atom. The Balaban J connectivity index is 1.56. The van der Waals surface area contributed by atoms with Gasteiger partial charge in [0.25, 0.3) is 11.6 Å². The number of halogens is 3. The minimum atomic E-state index is -4.52. The van der Waals surface area contributed by atoms with E-state index in [1.165, 1.54) is 41.7 Å². The third-order valence-corrected chi connectivity index (χ3v) is 7.00. The molecule has 0 aliphatic carbocycles. The smallest absolute Gasteiger partial charge is 0.383 e. The van der Waals surface area contributed by atoms with Gasteiger partial charge in [0.2, 0.25) is 0 Å². The number of nitro benzene ring substituents is 1. The topological polar surface area (TPSA) is 117 Å². The van der Waals surface area contributed by atoms with E-state index < -0.39 is 41.2 Å². The molecule has 1 atom stereocenters. The Morgan fingerprint density at radius 1 is 1.20 bits per heavy atom. The number of hydrazone groups is 1. The zero-order chi connectivity index (χ0) is 28.9.